The van der Waals surface area contributed by atoms with Gasteiger partial charge in [0.15, 0.2) is 23.0 Å². The van der Waals surface area contributed by atoms with E-state index in [4.69, 9.17) is 18.9 Å². The van der Waals surface area contributed by atoms with E-state index in [-0.39, 0.29) is 37.2 Å². The molecule has 2 aliphatic heterocycles. The Kier molecular flexibility index (Phi) is 5.75. The summed E-state index contributed by atoms with van der Waals surface area (Å²) < 4.78 is 21.4. The second-order valence-electron chi connectivity index (χ2n) is 8.36. The van der Waals surface area contributed by atoms with E-state index in [2.05, 4.69) is 10.6 Å². The van der Waals surface area contributed by atoms with Crippen LogP contribution in [0.25, 0.3) is 0 Å². The first-order chi connectivity index (χ1) is 15.7. The van der Waals surface area contributed by atoms with Crippen LogP contribution in [0.3, 0.4) is 0 Å². The highest BCUT2D eigenvalue weighted by Crippen LogP contribution is 2.34. The lowest BCUT2D eigenvalue weighted by Crippen LogP contribution is -2.37. The lowest BCUT2D eigenvalue weighted by molar-refractivity contribution is -0.130. The predicted molar refractivity (Wildman–Crippen MR) is 114 cm³/mol. The zero-order valence-corrected chi connectivity index (χ0v) is 17.7. The minimum absolute atomic E-state index is 0.0434. The number of amides is 2. The first-order valence-electron chi connectivity index (χ1n) is 11.0. The highest BCUT2D eigenvalue weighted by atomic mass is 16.7. The fourth-order valence-corrected chi connectivity index (χ4v) is 4.39. The van der Waals surface area contributed by atoms with Crippen LogP contribution in [0, 0.1) is 11.8 Å². The van der Waals surface area contributed by atoms with Gasteiger partial charge in [0.1, 0.15) is 0 Å². The Labute approximate surface area is 186 Å². The van der Waals surface area contributed by atoms with Crippen LogP contribution in [0.2, 0.25) is 0 Å². The number of carbonyl (C=O) groups is 2. The van der Waals surface area contributed by atoms with Crippen LogP contribution in [0.1, 0.15) is 36.8 Å². The van der Waals surface area contributed by atoms with Gasteiger partial charge in [0, 0.05) is 24.9 Å². The van der Waals surface area contributed by atoms with Crippen LogP contribution in [-0.4, -0.2) is 25.4 Å². The van der Waals surface area contributed by atoms with Crippen LogP contribution in [0.4, 0.5) is 0 Å². The third-order valence-corrected chi connectivity index (χ3v) is 6.28. The summed E-state index contributed by atoms with van der Waals surface area (Å²) in [6.07, 6.45) is 2.87. The van der Waals surface area contributed by atoms with Crippen LogP contribution < -0.4 is 29.6 Å². The van der Waals surface area contributed by atoms with Crippen molar-refractivity contribution in [2.45, 2.75) is 38.8 Å². The fraction of sp³-hybridized carbons (Fsp3) is 0.417. The summed E-state index contributed by atoms with van der Waals surface area (Å²) in [7, 11) is 0. The first kappa shape index (κ1) is 20.5. The largest absolute Gasteiger partial charge is 0.454 e. The Morgan fingerprint density at radius 1 is 0.656 bits per heavy atom. The molecule has 0 saturated heterocycles. The molecule has 3 aliphatic rings. The number of nitrogens with one attached hydrogen (secondary N) is 2. The van der Waals surface area contributed by atoms with Crippen molar-refractivity contribution < 1.29 is 28.5 Å². The molecule has 0 radical (unpaired) electrons. The molecule has 2 heterocycles. The van der Waals surface area contributed by atoms with Crippen LogP contribution in [0.15, 0.2) is 36.4 Å². The number of carbonyl (C=O) groups excluding carboxylic acids is 2. The van der Waals surface area contributed by atoms with E-state index < -0.39 is 0 Å². The Balaban J connectivity index is 1.05. The van der Waals surface area contributed by atoms with Gasteiger partial charge in [0.05, 0.1) is 0 Å². The SMILES string of the molecule is O=C(NCc1ccc2c(c1)OCO2)C1CCC(C(=O)NCc2ccc3c(c2)OCO3)CC1. The van der Waals surface area contributed by atoms with Gasteiger partial charge < -0.3 is 29.6 Å². The predicted octanol–water partition coefficient (Wildman–Crippen LogP) is 2.88. The van der Waals surface area contributed by atoms with E-state index in [0.717, 1.165) is 48.3 Å². The maximum atomic E-state index is 12.6. The van der Waals surface area contributed by atoms with E-state index in [1.807, 2.05) is 36.4 Å². The van der Waals surface area contributed by atoms with E-state index in [9.17, 15) is 9.59 Å². The zero-order chi connectivity index (χ0) is 21.9. The van der Waals surface area contributed by atoms with Gasteiger partial charge in [-0.2, -0.15) is 0 Å². The maximum absolute atomic E-state index is 12.6. The second kappa shape index (κ2) is 8.98. The van der Waals surface area contributed by atoms with E-state index in [1.54, 1.807) is 0 Å². The summed E-state index contributed by atoms with van der Waals surface area (Å²) in [5, 5.41) is 6.03. The molecule has 5 rings (SSSR count). The number of hydrogen-bond donors (Lipinski definition) is 2. The third kappa shape index (κ3) is 4.44. The minimum atomic E-state index is -0.0538. The molecule has 0 aromatic heterocycles. The lowest BCUT2D eigenvalue weighted by Gasteiger charge is -2.27. The maximum Gasteiger partial charge on any atom is 0.231 e. The van der Waals surface area contributed by atoms with Gasteiger partial charge in [-0.3, -0.25) is 9.59 Å². The van der Waals surface area contributed by atoms with E-state index >= 15 is 0 Å². The first-order valence-corrected chi connectivity index (χ1v) is 11.0. The summed E-state index contributed by atoms with van der Waals surface area (Å²) in [4.78, 5) is 25.2. The number of ether oxygens (including phenoxy) is 4. The monoisotopic (exact) mass is 438 g/mol. The van der Waals surface area contributed by atoms with Crippen molar-refractivity contribution in [3.63, 3.8) is 0 Å². The number of fused-ring (bicyclic) bond motifs is 2. The molecule has 2 N–H and O–H groups in total. The minimum Gasteiger partial charge on any atom is -0.454 e. The van der Waals surface area contributed by atoms with E-state index in [0.29, 0.717) is 24.6 Å². The van der Waals surface area contributed by atoms with Crippen molar-refractivity contribution >= 4 is 11.8 Å². The van der Waals surface area contributed by atoms with Crippen LogP contribution >= 0.6 is 0 Å². The van der Waals surface area contributed by atoms with Crippen molar-refractivity contribution in [2.24, 2.45) is 11.8 Å². The van der Waals surface area contributed by atoms with Gasteiger partial charge in [0.25, 0.3) is 0 Å². The van der Waals surface area contributed by atoms with Crippen molar-refractivity contribution in [3.05, 3.63) is 47.5 Å². The Hall–Kier alpha value is -3.42. The summed E-state index contributed by atoms with van der Waals surface area (Å²) in [6, 6.07) is 11.4. The number of benzene rings is 2. The molecule has 2 amide bonds. The molecule has 1 aliphatic carbocycles. The fourth-order valence-electron chi connectivity index (χ4n) is 4.39. The average Bonchev–Trinajstić information content (AvgIpc) is 3.49. The molecule has 0 atom stereocenters. The molecular weight excluding hydrogens is 412 g/mol. The van der Waals surface area contributed by atoms with E-state index in [1.165, 1.54) is 0 Å². The quantitative estimate of drug-likeness (QED) is 0.720. The lowest BCUT2D eigenvalue weighted by atomic mass is 9.81. The Morgan fingerprint density at radius 2 is 1.06 bits per heavy atom. The summed E-state index contributed by atoms with van der Waals surface area (Å²) in [6.45, 7) is 1.37. The molecule has 8 nitrogen and oxygen atoms in total. The third-order valence-electron chi connectivity index (χ3n) is 6.28. The van der Waals surface area contributed by atoms with Crippen molar-refractivity contribution in [2.75, 3.05) is 13.6 Å². The Morgan fingerprint density at radius 3 is 1.50 bits per heavy atom. The van der Waals surface area contributed by atoms with Crippen molar-refractivity contribution in [3.8, 4) is 23.0 Å². The van der Waals surface area contributed by atoms with Crippen LogP contribution in [-0.2, 0) is 22.7 Å². The van der Waals surface area contributed by atoms with Gasteiger partial charge in [-0.15, -0.1) is 0 Å². The molecule has 0 bridgehead atoms. The zero-order valence-electron chi connectivity index (χ0n) is 17.7. The van der Waals surface area contributed by atoms with Crippen molar-refractivity contribution in [1.82, 2.24) is 10.6 Å². The molecule has 1 saturated carbocycles. The van der Waals surface area contributed by atoms with Crippen molar-refractivity contribution in [1.29, 1.82) is 0 Å². The highest BCUT2D eigenvalue weighted by molar-refractivity contribution is 5.81. The highest BCUT2D eigenvalue weighted by Gasteiger charge is 2.30. The van der Waals surface area contributed by atoms with Gasteiger partial charge in [-0.25, -0.2) is 0 Å². The second-order valence-corrected chi connectivity index (χ2v) is 8.36. The molecule has 2 aromatic carbocycles. The average molecular weight is 438 g/mol. The molecular formula is C24H26N2O6. The Bertz CT molecular complexity index is 934. The molecule has 32 heavy (non-hydrogen) atoms. The van der Waals surface area contributed by atoms with Crippen LogP contribution in [0.5, 0.6) is 23.0 Å². The smallest absolute Gasteiger partial charge is 0.231 e. The van der Waals surface area contributed by atoms with Gasteiger partial charge >= 0.3 is 0 Å². The topological polar surface area (TPSA) is 95.1 Å². The van der Waals surface area contributed by atoms with Gasteiger partial charge in [-0.1, -0.05) is 12.1 Å². The molecule has 0 spiro atoms. The molecule has 2 aromatic rings. The summed E-state index contributed by atoms with van der Waals surface area (Å²) >= 11 is 0. The van der Waals surface area contributed by atoms with Gasteiger partial charge in [-0.05, 0) is 61.1 Å². The molecule has 0 unspecified atom stereocenters. The number of rotatable bonds is 6. The van der Waals surface area contributed by atoms with Gasteiger partial charge in [0.2, 0.25) is 25.4 Å². The number of hydrogen-bond acceptors (Lipinski definition) is 6. The molecule has 8 heteroatoms. The molecule has 1 fully saturated rings. The molecule has 168 valence electrons. The standard InChI is InChI=1S/C24H26N2O6/c27-23(25-11-15-1-7-19-21(9-15)31-13-29-19)17-3-5-18(6-4-17)24(28)26-12-16-2-8-20-22(10-16)32-14-30-20/h1-2,7-10,17-18H,3-6,11-14H2,(H,25,27)(H,26,28). The normalized spacial score (nSPS) is 20.6. The summed E-state index contributed by atoms with van der Waals surface area (Å²) in [5.74, 6) is 2.87. The summed E-state index contributed by atoms with van der Waals surface area (Å²) in [5.41, 5.74) is 1.94.